The minimum Gasteiger partial charge on any atom is -0.326 e. The van der Waals surface area contributed by atoms with Crippen LogP contribution in [0.1, 0.15) is 30.0 Å². The Hall–Kier alpha value is -1.09. The van der Waals surface area contributed by atoms with E-state index in [-0.39, 0.29) is 5.56 Å². The zero-order valence-electron chi connectivity index (χ0n) is 8.47. The first-order valence-corrected chi connectivity index (χ1v) is 5.18. The molecule has 14 heavy (non-hydrogen) atoms. The first-order valence-electron chi connectivity index (χ1n) is 5.18. The third-order valence-corrected chi connectivity index (χ3v) is 2.94. The van der Waals surface area contributed by atoms with Gasteiger partial charge in [0.15, 0.2) is 0 Å². The van der Waals surface area contributed by atoms with Crippen LogP contribution in [0, 0.1) is 6.92 Å². The molecule has 3 nitrogen and oxygen atoms in total. The van der Waals surface area contributed by atoms with Crippen molar-refractivity contribution < 1.29 is 0 Å². The van der Waals surface area contributed by atoms with Gasteiger partial charge in [0.2, 0.25) is 5.56 Å². The molecule has 0 saturated carbocycles. The lowest BCUT2D eigenvalue weighted by Crippen LogP contribution is -2.27. The molecule has 76 valence electrons. The molecule has 1 aliphatic rings. The van der Waals surface area contributed by atoms with E-state index in [1.54, 1.807) is 6.07 Å². The fraction of sp³-hybridized carbons (Fsp3) is 0.545. The second-order valence-electron chi connectivity index (χ2n) is 3.93. The topological polar surface area (TPSA) is 44.9 Å². The van der Waals surface area contributed by atoms with Crippen LogP contribution in [0.5, 0.6) is 0 Å². The molecule has 1 fully saturated rings. The number of hydrogen-bond donors (Lipinski definition) is 2. The SMILES string of the molecule is Cc1[nH]c(=O)ccc1C1CCNCC1. The Bertz CT molecular complexity index is 364. The van der Waals surface area contributed by atoms with Crippen LogP contribution in [0.3, 0.4) is 0 Å². The van der Waals surface area contributed by atoms with Gasteiger partial charge in [0.1, 0.15) is 0 Å². The molecule has 0 radical (unpaired) electrons. The van der Waals surface area contributed by atoms with E-state index < -0.39 is 0 Å². The third-order valence-electron chi connectivity index (χ3n) is 2.94. The predicted octanol–water partition coefficient (Wildman–Crippen LogP) is 1.15. The maximum absolute atomic E-state index is 11.1. The summed E-state index contributed by atoms with van der Waals surface area (Å²) in [4.78, 5) is 13.9. The van der Waals surface area contributed by atoms with Crippen molar-refractivity contribution in [2.45, 2.75) is 25.7 Å². The number of nitrogens with one attached hydrogen (secondary N) is 2. The highest BCUT2D eigenvalue weighted by molar-refractivity contribution is 5.23. The molecular weight excluding hydrogens is 176 g/mol. The Morgan fingerprint density at radius 2 is 2.00 bits per heavy atom. The van der Waals surface area contributed by atoms with Crippen molar-refractivity contribution >= 4 is 0 Å². The number of rotatable bonds is 1. The van der Waals surface area contributed by atoms with E-state index in [2.05, 4.69) is 10.3 Å². The van der Waals surface area contributed by atoms with Crippen molar-refractivity contribution in [3.8, 4) is 0 Å². The van der Waals surface area contributed by atoms with E-state index >= 15 is 0 Å². The summed E-state index contributed by atoms with van der Waals surface area (Å²) in [5, 5.41) is 3.34. The van der Waals surface area contributed by atoms with E-state index in [1.807, 2.05) is 13.0 Å². The van der Waals surface area contributed by atoms with E-state index in [0.717, 1.165) is 18.8 Å². The Morgan fingerprint density at radius 1 is 1.29 bits per heavy atom. The molecule has 0 spiro atoms. The molecule has 0 aromatic carbocycles. The summed E-state index contributed by atoms with van der Waals surface area (Å²) < 4.78 is 0. The first kappa shape index (κ1) is 9.46. The Labute approximate surface area is 83.5 Å². The second kappa shape index (κ2) is 3.96. The van der Waals surface area contributed by atoms with Crippen molar-refractivity contribution in [3.63, 3.8) is 0 Å². The van der Waals surface area contributed by atoms with Gasteiger partial charge in [-0.25, -0.2) is 0 Å². The Balaban J connectivity index is 2.26. The highest BCUT2D eigenvalue weighted by Gasteiger charge is 2.16. The third kappa shape index (κ3) is 1.87. The van der Waals surface area contributed by atoms with Crippen LogP contribution < -0.4 is 10.9 Å². The van der Waals surface area contributed by atoms with Gasteiger partial charge in [-0.05, 0) is 44.3 Å². The Morgan fingerprint density at radius 3 is 2.64 bits per heavy atom. The number of H-pyrrole nitrogens is 1. The average Bonchev–Trinajstić information content (AvgIpc) is 2.19. The summed E-state index contributed by atoms with van der Waals surface area (Å²) in [6.07, 6.45) is 2.35. The summed E-state index contributed by atoms with van der Waals surface area (Å²) in [7, 11) is 0. The van der Waals surface area contributed by atoms with Gasteiger partial charge < -0.3 is 10.3 Å². The highest BCUT2D eigenvalue weighted by Crippen LogP contribution is 2.25. The average molecular weight is 192 g/mol. The lowest BCUT2D eigenvalue weighted by atomic mass is 9.89. The molecule has 1 aromatic heterocycles. The molecule has 0 aliphatic carbocycles. The molecule has 0 unspecified atom stereocenters. The number of pyridine rings is 1. The lowest BCUT2D eigenvalue weighted by molar-refractivity contribution is 0.458. The Kier molecular flexibility index (Phi) is 2.68. The normalized spacial score (nSPS) is 18.4. The summed E-state index contributed by atoms with van der Waals surface area (Å²) in [5.74, 6) is 0.619. The van der Waals surface area contributed by atoms with Gasteiger partial charge >= 0.3 is 0 Å². The van der Waals surface area contributed by atoms with Gasteiger partial charge in [-0.1, -0.05) is 6.07 Å². The lowest BCUT2D eigenvalue weighted by Gasteiger charge is -2.23. The maximum atomic E-state index is 11.1. The molecular formula is C11H16N2O. The molecule has 0 amide bonds. The van der Waals surface area contributed by atoms with Crippen LogP contribution >= 0.6 is 0 Å². The number of hydrogen-bond acceptors (Lipinski definition) is 2. The summed E-state index contributed by atoms with van der Waals surface area (Å²) in [5.41, 5.74) is 2.34. The minimum atomic E-state index is 0.000171. The zero-order valence-corrected chi connectivity index (χ0v) is 8.47. The summed E-state index contributed by atoms with van der Waals surface area (Å²) in [6.45, 7) is 4.16. The number of aromatic nitrogens is 1. The van der Waals surface area contributed by atoms with Crippen molar-refractivity contribution in [2.75, 3.05) is 13.1 Å². The van der Waals surface area contributed by atoms with E-state index in [4.69, 9.17) is 0 Å². The molecule has 3 heteroatoms. The maximum Gasteiger partial charge on any atom is 0.248 e. The molecule has 2 N–H and O–H groups in total. The molecule has 2 heterocycles. The van der Waals surface area contributed by atoms with E-state index in [0.29, 0.717) is 5.92 Å². The highest BCUT2D eigenvalue weighted by atomic mass is 16.1. The van der Waals surface area contributed by atoms with E-state index in [1.165, 1.54) is 18.4 Å². The standard InChI is InChI=1S/C11H16N2O/c1-8-10(2-3-11(14)13-8)9-4-6-12-7-5-9/h2-3,9,12H,4-7H2,1H3,(H,13,14). The number of aromatic amines is 1. The predicted molar refractivity (Wildman–Crippen MR) is 56.6 cm³/mol. The molecule has 1 saturated heterocycles. The number of aryl methyl sites for hydroxylation is 1. The first-order chi connectivity index (χ1) is 6.77. The molecule has 0 atom stereocenters. The fourth-order valence-electron chi connectivity index (χ4n) is 2.16. The van der Waals surface area contributed by atoms with Gasteiger partial charge in [-0.3, -0.25) is 4.79 Å². The van der Waals surface area contributed by atoms with Crippen LogP contribution in [0.2, 0.25) is 0 Å². The molecule has 1 aromatic rings. The largest absolute Gasteiger partial charge is 0.326 e. The van der Waals surface area contributed by atoms with Gasteiger partial charge in [-0.15, -0.1) is 0 Å². The minimum absolute atomic E-state index is 0.000171. The fourth-order valence-corrected chi connectivity index (χ4v) is 2.16. The van der Waals surface area contributed by atoms with Gasteiger partial charge in [0.05, 0.1) is 0 Å². The quantitative estimate of drug-likeness (QED) is 0.701. The molecule has 1 aliphatic heterocycles. The van der Waals surface area contributed by atoms with Gasteiger partial charge in [0, 0.05) is 11.8 Å². The monoisotopic (exact) mass is 192 g/mol. The van der Waals surface area contributed by atoms with Crippen molar-refractivity contribution in [3.05, 3.63) is 33.7 Å². The van der Waals surface area contributed by atoms with Crippen LogP contribution in [-0.2, 0) is 0 Å². The van der Waals surface area contributed by atoms with Gasteiger partial charge in [0.25, 0.3) is 0 Å². The zero-order chi connectivity index (χ0) is 9.97. The van der Waals surface area contributed by atoms with Crippen LogP contribution in [-0.4, -0.2) is 18.1 Å². The van der Waals surface area contributed by atoms with Crippen molar-refractivity contribution in [2.24, 2.45) is 0 Å². The summed E-state index contributed by atoms with van der Waals surface area (Å²) >= 11 is 0. The van der Waals surface area contributed by atoms with Gasteiger partial charge in [-0.2, -0.15) is 0 Å². The van der Waals surface area contributed by atoms with Crippen LogP contribution in [0.15, 0.2) is 16.9 Å². The smallest absolute Gasteiger partial charge is 0.248 e. The van der Waals surface area contributed by atoms with Crippen molar-refractivity contribution in [1.29, 1.82) is 0 Å². The number of piperidine rings is 1. The van der Waals surface area contributed by atoms with E-state index in [9.17, 15) is 4.79 Å². The molecule has 0 bridgehead atoms. The van der Waals surface area contributed by atoms with Crippen LogP contribution in [0.4, 0.5) is 0 Å². The summed E-state index contributed by atoms with van der Waals surface area (Å²) in [6, 6.07) is 3.61. The van der Waals surface area contributed by atoms with Crippen molar-refractivity contribution in [1.82, 2.24) is 10.3 Å². The molecule has 2 rings (SSSR count). The van der Waals surface area contributed by atoms with Crippen LogP contribution in [0.25, 0.3) is 0 Å². The second-order valence-corrected chi connectivity index (χ2v) is 3.93.